The zero-order valence-electron chi connectivity index (χ0n) is 15.0. The number of rotatable bonds is 6. The third-order valence-corrected chi connectivity index (χ3v) is 3.91. The van der Waals surface area contributed by atoms with Crippen LogP contribution in [0.15, 0.2) is 60.7 Å². The average Bonchev–Trinajstić information content (AvgIpc) is 2.62. The predicted molar refractivity (Wildman–Crippen MR) is 104 cm³/mol. The Morgan fingerprint density at radius 2 is 1.65 bits per heavy atom. The minimum absolute atomic E-state index is 0.0917. The summed E-state index contributed by atoms with van der Waals surface area (Å²) in [4.78, 5) is 21.1. The van der Waals surface area contributed by atoms with Gasteiger partial charge in [0.2, 0.25) is 5.95 Å². The second-order valence-corrected chi connectivity index (χ2v) is 6.17. The maximum atomic E-state index is 12.4. The summed E-state index contributed by atoms with van der Waals surface area (Å²) >= 11 is 0. The zero-order chi connectivity index (χ0) is 18.4. The summed E-state index contributed by atoms with van der Waals surface area (Å²) in [6.07, 6.45) is 0.806. The first-order chi connectivity index (χ1) is 12.6. The summed E-state index contributed by atoms with van der Waals surface area (Å²) in [5, 5.41) is 6.12. The summed E-state index contributed by atoms with van der Waals surface area (Å²) in [5.41, 5.74) is 4.39. The van der Waals surface area contributed by atoms with Gasteiger partial charge in [-0.25, -0.2) is 9.97 Å². The molecule has 0 radical (unpaired) electrons. The number of nitrogens with one attached hydrogen (secondary N) is 2. The lowest BCUT2D eigenvalue weighted by atomic mass is 10.1. The quantitative estimate of drug-likeness (QED) is 0.712. The third-order valence-electron chi connectivity index (χ3n) is 3.91. The first-order valence-corrected chi connectivity index (χ1v) is 8.62. The summed E-state index contributed by atoms with van der Waals surface area (Å²) in [5.74, 6) is 0.440. The van der Waals surface area contributed by atoms with E-state index in [1.807, 2.05) is 50.2 Å². The van der Waals surface area contributed by atoms with Crippen molar-refractivity contribution in [2.45, 2.75) is 20.3 Å². The van der Waals surface area contributed by atoms with Crippen LogP contribution in [0, 0.1) is 13.8 Å². The summed E-state index contributed by atoms with van der Waals surface area (Å²) in [7, 11) is 0. The highest BCUT2D eigenvalue weighted by Crippen LogP contribution is 2.15. The minimum Gasteiger partial charge on any atom is -0.352 e. The number of nitrogens with zero attached hydrogens (tertiary/aromatic N) is 2. The van der Waals surface area contributed by atoms with Gasteiger partial charge in [0, 0.05) is 29.2 Å². The molecule has 1 heterocycles. The van der Waals surface area contributed by atoms with Crippen molar-refractivity contribution in [3.63, 3.8) is 0 Å². The third kappa shape index (κ3) is 4.89. The van der Waals surface area contributed by atoms with Crippen molar-refractivity contribution in [3.05, 3.63) is 83.2 Å². The standard InChI is InChI=1S/C21H22N4O/c1-15-13-16(2)24-21(23-15)25-19-10-6-9-18(14-19)20(26)22-12-11-17-7-4-3-5-8-17/h3-10,13-14H,11-12H2,1-2H3,(H,22,26)(H,23,24,25). The number of aryl methyl sites for hydroxylation is 2. The van der Waals surface area contributed by atoms with Gasteiger partial charge in [0.15, 0.2) is 0 Å². The fourth-order valence-corrected chi connectivity index (χ4v) is 2.72. The Kier molecular flexibility index (Phi) is 5.59. The molecule has 0 atom stereocenters. The van der Waals surface area contributed by atoms with Crippen LogP contribution in [0.25, 0.3) is 0 Å². The molecule has 0 aliphatic carbocycles. The van der Waals surface area contributed by atoms with E-state index in [1.54, 1.807) is 12.1 Å². The average molecular weight is 346 g/mol. The Hall–Kier alpha value is -3.21. The molecule has 0 unspecified atom stereocenters. The molecule has 1 aromatic heterocycles. The molecule has 3 aromatic rings. The topological polar surface area (TPSA) is 66.9 Å². The second kappa shape index (κ2) is 8.25. The number of hydrogen-bond donors (Lipinski definition) is 2. The predicted octanol–water partition coefficient (Wildman–Crippen LogP) is 3.81. The van der Waals surface area contributed by atoms with Gasteiger partial charge < -0.3 is 10.6 Å². The number of amides is 1. The van der Waals surface area contributed by atoms with E-state index in [0.29, 0.717) is 18.1 Å². The molecule has 5 nitrogen and oxygen atoms in total. The molecule has 26 heavy (non-hydrogen) atoms. The number of carbonyl (C=O) groups excluding carboxylic acids is 1. The van der Waals surface area contributed by atoms with E-state index in [4.69, 9.17) is 0 Å². The van der Waals surface area contributed by atoms with Crippen molar-refractivity contribution in [1.82, 2.24) is 15.3 Å². The smallest absolute Gasteiger partial charge is 0.251 e. The van der Waals surface area contributed by atoms with Crippen molar-refractivity contribution in [2.75, 3.05) is 11.9 Å². The second-order valence-electron chi connectivity index (χ2n) is 6.17. The molecular formula is C21H22N4O. The Labute approximate surface area is 153 Å². The molecule has 5 heteroatoms. The van der Waals surface area contributed by atoms with Crippen LogP contribution in [0.1, 0.15) is 27.3 Å². The van der Waals surface area contributed by atoms with Gasteiger partial charge >= 0.3 is 0 Å². The molecule has 132 valence electrons. The lowest BCUT2D eigenvalue weighted by Crippen LogP contribution is -2.25. The Morgan fingerprint density at radius 1 is 0.923 bits per heavy atom. The molecule has 3 rings (SSSR count). The molecule has 0 saturated heterocycles. The highest BCUT2D eigenvalue weighted by atomic mass is 16.1. The van der Waals surface area contributed by atoms with Crippen LogP contribution in [-0.4, -0.2) is 22.4 Å². The highest BCUT2D eigenvalue weighted by Gasteiger charge is 2.07. The lowest BCUT2D eigenvalue weighted by molar-refractivity contribution is 0.0954. The van der Waals surface area contributed by atoms with Gasteiger partial charge in [0.05, 0.1) is 0 Å². The van der Waals surface area contributed by atoms with Gasteiger partial charge in [-0.1, -0.05) is 36.4 Å². The van der Waals surface area contributed by atoms with Crippen molar-refractivity contribution >= 4 is 17.5 Å². The summed E-state index contributed by atoms with van der Waals surface area (Å²) in [6, 6.07) is 19.4. The van der Waals surface area contributed by atoms with E-state index in [9.17, 15) is 4.79 Å². The molecule has 2 N–H and O–H groups in total. The van der Waals surface area contributed by atoms with E-state index in [-0.39, 0.29) is 5.91 Å². The Balaban J connectivity index is 1.61. The Bertz CT molecular complexity index is 873. The van der Waals surface area contributed by atoms with Crippen molar-refractivity contribution in [3.8, 4) is 0 Å². The van der Waals surface area contributed by atoms with Crippen LogP contribution in [0.3, 0.4) is 0 Å². The maximum Gasteiger partial charge on any atom is 0.251 e. The first-order valence-electron chi connectivity index (χ1n) is 8.62. The van der Waals surface area contributed by atoms with E-state index < -0.39 is 0 Å². The van der Waals surface area contributed by atoms with Gasteiger partial charge in [-0.15, -0.1) is 0 Å². The van der Waals surface area contributed by atoms with Gasteiger partial charge in [-0.05, 0) is 50.1 Å². The fraction of sp³-hybridized carbons (Fsp3) is 0.190. The van der Waals surface area contributed by atoms with Gasteiger partial charge in [-0.2, -0.15) is 0 Å². The summed E-state index contributed by atoms with van der Waals surface area (Å²) in [6.45, 7) is 4.45. The molecule has 0 bridgehead atoms. The summed E-state index contributed by atoms with van der Waals surface area (Å²) < 4.78 is 0. The molecule has 1 amide bonds. The van der Waals surface area contributed by atoms with Crippen molar-refractivity contribution in [1.29, 1.82) is 0 Å². The van der Waals surface area contributed by atoms with Crippen LogP contribution in [0.2, 0.25) is 0 Å². The van der Waals surface area contributed by atoms with E-state index in [0.717, 1.165) is 23.5 Å². The number of anilines is 2. The van der Waals surface area contributed by atoms with Crippen molar-refractivity contribution < 1.29 is 4.79 Å². The Morgan fingerprint density at radius 3 is 2.38 bits per heavy atom. The van der Waals surface area contributed by atoms with E-state index in [2.05, 4.69) is 32.7 Å². The molecule has 0 fully saturated rings. The zero-order valence-corrected chi connectivity index (χ0v) is 15.0. The monoisotopic (exact) mass is 346 g/mol. The lowest BCUT2D eigenvalue weighted by Gasteiger charge is -2.09. The van der Waals surface area contributed by atoms with Crippen molar-refractivity contribution in [2.24, 2.45) is 0 Å². The van der Waals surface area contributed by atoms with E-state index in [1.165, 1.54) is 5.56 Å². The molecule has 2 aromatic carbocycles. The number of hydrogen-bond acceptors (Lipinski definition) is 4. The van der Waals surface area contributed by atoms with Crippen LogP contribution in [-0.2, 0) is 6.42 Å². The van der Waals surface area contributed by atoms with Gasteiger partial charge in [-0.3, -0.25) is 4.79 Å². The first kappa shape index (κ1) is 17.6. The van der Waals surface area contributed by atoms with Crippen LogP contribution < -0.4 is 10.6 Å². The molecule has 0 spiro atoms. The normalized spacial score (nSPS) is 10.4. The van der Waals surface area contributed by atoms with Gasteiger partial charge in [0.1, 0.15) is 0 Å². The molecular weight excluding hydrogens is 324 g/mol. The molecule has 0 saturated carbocycles. The molecule has 0 aliphatic heterocycles. The minimum atomic E-state index is -0.0917. The SMILES string of the molecule is Cc1cc(C)nc(Nc2cccc(C(=O)NCCc3ccccc3)c2)n1. The largest absolute Gasteiger partial charge is 0.352 e. The van der Waals surface area contributed by atoms with Crippen LogP contribution >= 0.6 is 0 Å². The van der Waals surface area contributed by atoms with Gasteiger partial charge in [0.25, 0.3) is 5.91 Å². The number of benzene rings is 2. The maximum absolute atomic E-state index is 12.4. The molecule has 0 aliphatic rings. The fourth-order valence-electron chi connectivity index (χ4n) is 2.72. The van der Waals surface area contributed by atoms with Crippen LogP contribution in [0.4, 0.5) is 11.6 Å². The highest BCUT2D eigenvalue weighted by molar-refractivity contribution is 5.95. The number of carbonyl (C=O) groups is 1. The van der Waals surface area contributed by atoms with E-state index >= 15 is 0 Å². The van der Waals surface area contributed by atoms with Crippen LogP contribution in [0.5, 0.6) is 0 Å². The number of aromatic nitrogens is 2.